The number of likely N-dealkylation sites (N-methyl/N-ethyl adjacent to an activating group) is 1. The van der Waals surface area contributed by atoms with Gasteiger partial charge in [0.1, 0.15) is 0 Å². The third kappa shape index (κ3) is 3.17. The highest BCUT2D eigenvalue weighted by atomic mass is 32.2. The molecule has 1 heterocycles. The molecule has 0 aliphatic carbocycles. The maximum Gasteiger partial charge on any atom is 0.0195 e. The van der Waals surface area contributed by atoms with Gasteiger partial charge in [-0.05, 0) is 42.1 Å². The van der Waals surface area contributed by atoms with Crippen LogP contribution < -0.4 is 5.32 Å². The summed E-state index contributed by atoms with van der Waals surface area (Å²) in [7, 11) is 2.03. The predicted octanol–water partition coefficient (Wildman–Crippen LogP) is 2.24. The lowest BCUT2D eigenvalue weighted by Crippen LogP contribution is -2.29. The molecule has 1 aromatic rings. The highest BCUT2D eigenvalue weighted by molar-refractivity contribution is 7.98. The molecule has 0 aromatic carbocycles. The lowest BCUT2D eigenvalue weighted by molar-refractivity contribution is 0.618. The predicted molar refractivity (Wildman–Crippen MR) is 59.3 cm³/mol. The Bertz CT molecular complexity index is 196. The van der Waals surface area contributed by atoms with Gasteiger partial charge in [-0.3, -0.25) is 0 Å². The molecule has 68 valence electrons. The molecular formula is C9H15NS2. The van der Waals surface area contributed by atoms with E-state index in [1.54, 1.807) is 11.3 Å². The summed E-state index contributed by atoms with van der Waals surface area (Å²) in [5.41, 5.74) is 1.45. The summed E-state index contributed by atoms with van der Waals surface area (Å²) < 4.78 is 0. The third-order valence-corrected chi connectivity index (χ3v) is 3.31. The van der Waals surface area contributed by atoms with E-state index in [-0.39, 0.29) is 0 Å². The monoisotopic (exact) mass is 201 g/mol. The van der Waals surface area contributed by atoms with Crippen LogP contribution in [0.25, 0.3) is 0 Å². The van der Waals surface area contributed by atoms with Crippen molar-refractivity contribution in [1.82, 2.24) is 5.32 Å². The highest BCUT2D eigenvalue weighted by Crippen LogP contribution is 2.10. The molecule has 0 saturated heterocycles. The zero-order chi connectivity index (χ0) is 8.81. The molecule has 0 bridgehead atoms. The van der Waals surface area contributed by atoms with Crippen molar-refractivity contribution in [3.63, 3.8) is 0 Å². The van der Waals surface area contributed by atoms with Crippen molar-refractivity contribution in [2.75, 3.05) is 19.1 Å². The van der Waals surface area contributed by atoms with E-state index in [2.05, 4.69) is 28.4 Å². The minimum atomic E-state index is 0.620. The Morgan fingerprint density at radius 3 is 3.00 bits per heavy atom. The molecule has 1 rings (SSSR count). The Labute approximate surface area is 82.6 Å². The van der Waals surface area contributed by atoms with E-state index >= 15 is 0 Å². The second kappa shape index (κ2) is 5.62. The molecule has 0 amide bonds. The van der Waals surface area contributed by atoms with Gasteiger partial charge < -0.3 is 5.32 Å². The molecular weight excluding hydrogens is 186 g/mol. The van der Waals surface area contributed by atoms with Crippen molar-refractivity contribution in [3.8, 4) is 0 Å². The zero-order valence-electron chi connectivity index (χ0n) is 7.54. The van der Waals surface area contributed by atoms with Crippen LogP contribution in [0, 0.1) is 0 Å². The average molecular weight is 201 g/mol. The smallest absolute Gasteiger partial charge is 0.0195 e. The second-order valence-corrected chi connectivity index (χ2v) is 4.47. The van der Waals surface area contributed by atoms with E-state index in [9.17, 15) is 0 Å². The quantitative estimate of drug-likeness (QED) is 0.784. The Morgan fingerprint density at radius 1 is 1.67 bits per heavy atom. The Kier molecular flexibility index (Phi) is 4.73. The fourth-order valence-corrected chi connectivity index (χ4v) is 2.51. The first-order chi connectivity index (χ1) is 5.86. The second-order valence-electron chi connectivity index (χ2n) is 2.78. The Hall–Kier alpha value is 0.01000. The summed E-state index contributed by atoms with van der Waals surface area (Å²) in [6.45, 7) is 0. The molecule has 1 N–H and O–H groups in total. The molecule has 0 spiro atoms. The molecule has 0 aliphatic rings. The van der Waals surface area contributed by atoms with Gasteiger partial charge in [0.15, 0.2) is 0 Å². The van der Waals surface area contributed by atoms with E-state index in [0.717, 1.165) is 6.42 Å². The first-order valence-electron chi connectivity index (χ1n) is 4.04. The van der Waals surface area contributed by atoms with Gasteiger partial charge >= 0.3 is 0 Å². The fourth-order valence-electron chi connectivity index (χ4n) is 1.14. The van der Waals surface area contributed by atoms with Crippen LogP contribution in [-0.2, 0) is 6.42 Å². The Balaban J connectivity index is 2.37. The number of thioether (sulfide) groups is 1. The molecule has 1 unspecified atom stereocenters. The molecule has 3 heteroatoms. The first-order valence-corrected chi connectivity index (χ1v) is 6.37. The van der Waals surface area contributed by atoms with Crippen molar-refractivity contribution < 1.29 is 0 Å². The van der Waals surface area contributed by atoms with Crippen LogP contribution in [-0.4, -0.2) is 25.1 Å². The number of hydrogen-bond acceptors (Lipinski definition) is 3. The zero-order valence-corrected chi connectivity index (χ0v) is 9.17. The van der Waals surface area contributed by atoms with Crippen LogP contribution in [0.1, 0.15) is 5.56 Å². The van der Waals surface area contributed by atoms with E-state index in [4.69, 9.17) is 0 Å². The summed E-state index contributed by atoms with van der Waals surface area (Å²) in [5, 5.41) is 7.69. The molecule has 0 radical (unpaired) electrons. The van der Waals surface area contributed by atoms with Crippen LogP contribution in [0.3, 0.4) is 0 Å². The van der Waals surface area contributed by atoms with Crippen LogP contribution in [0.2, 0.25) is 0 Å². The summed E-state index contributed by atoms with van der Waals surface area (Å²) in [5.74, 6) is 1.19. The van der Waals surface area contributed by atoms with Crippen molar-refractivity contribution >= 4 is 23.1 Å². The normalized spacial score (nSPS) is 13.2. The van der Waals surface area contributed by atoms with E-state index < -0.39 is 0 Å². The van der Waals surface area contributed by atoms with E-state index in [1.165, 1.54) is 11.3 Å². The summed E-state index contributed by atoms with van der Waals surface area (Å²) >= 11 is 3.67. The molecule has 1 aromatic heterocycles. The average Bonchev–Trinajstić information content (AvgIpc) is 2.56. The van der Waals surface area contributed by atoms with Gasteiger partial charge in [0.2, 0.25) is 0 Å². The lowest BCUT2D eigenvalue weighted by atomic mass is 10.1. The topological polar surface area (TPSA) is 12.0 Å². The minimum absolute atomic E-state index is 0.620. The van der Waals surface area contributed by atoms with Crippen molar-refractivity contribution in [3.05, 3.63) is 22.4 Å². The number of hydrogen-bond donors (Lipinski definition) is 1. The minimum Gasteiger partial charge on any atom is -0.316 e. The van der Waals surface area contributed by atoms with Crippen LogP contribution >= 0.6 is 23.1 Å². The first kappa shape index (κ1) is 10.1. The van der Waals surface area contributed by atoms with Gasteiger partial charge in [0, 0.05) is 11.8 Å². The van der Waals surface area contributed by atoms with E-state index in [1.807, 2.05) is 18.8 Å². The van der Waals surface area contributed by atoms with E-state index in [0.29, 0.717) is 6.04 Å². The summed E-state index contributed by atoms with van der Waals surface area (Å²) in [4.78, 5) is 0. The largest absolute Gasteiger partial charge is 0.316 e. The number of rotatable bonds is 5. The molecule has 1 nitrogen and oxygen atoms in total. The standard InChI is InChI=1S/C9H15NS2/c1-10-9(7-11-2)5-8-3-4-12-6-8/h3-4,6,9-10H,5,7H2,1-2H3. The van der Waals surface area contributed by atoms with Crippen molar-refractivity contribution in [2.24, 2.45) is 0 Å². The third-order valence-electron chi connectivity index (χ3n) is 1.84. The van der Waals surface area contributed by atoms with Crippen LogP contribution in [0.5, 0.6) is 0 Å². The van der Waals surface area contributed by atoms with Crippen LogP contribution in [0.15, 0.2) is 16.8 Å². The summed E-state index contributed by atoms with van der Waals surface area (Å²) in [6, 6.07) is 2.82. The van der Waals surface area contributed by atoms with Crippen molar-refractivity contribution in [1.29, 1.82) is 0 Å². The Morgan fingerprint density at radius 2 is 2.50 bits per heavy atom. The maximum atomic E-state index is 3.33. The number of nitrogens with one attached hydrogen (secondary N) is 1. The molecule has 0 saturated carbocycles. The number of thiophene rings is 1. The molecule has 12 heavy (non-hydrogen) atoms. The van der Waals surface area contributed by atoms with Crippen LogP contribution in [0.4, 0.5) is 0 Å². The molecule has 0 aliphatic heterocycles. The fraction of sp³-hybridized carbons (Fsp3) is 0.556. The summed E-state index contributed by atoms with van der Waals surface area (Å²) in [6.07, 6.45) is 3.30. The highest BCUT2D eigenvalue weighted by Gasteiger charge is 2.05. The van der Waals surface area contributed by atoms with Gasteiger partial charge in [0.25, 0.3) is 0 Å². The van der Waals surface area contributed by atoms with Gasteiger partial charge in [-0.25, -0.2) is 0 Å². The lowest BCUT2D eigenvalue weighted by Gasteiger charge is -2.13. The van der Waals surface area contributed by atoms with Gasteiger partial charge in [-0.1, -0.05) is 0 Å². The molecule has 0 fully saturated rings. The van der Waals surface area contributed by atoms with Crippen molar-refractivity contribution in [2.45, 2.75) is 12.5 Å². The van der Waals surface area contributed by atoms with Gasteiger partial charge in [-0.2, -0.15) is 23.1 Å². The maximum absolute atomic E-state index is 3.33. The SMILES string of the molecule is CNC(CSC)Cc1ccsc1. The van der Waals surface area contributed by atoms with Gasteiger partial charge in [0.05, 0.1) is 0 Å². The molecule has 1 atom stereocenters. The van der Waals surface area contributed by atoms with Gasteiger partial charge in [-0.15, -0.1) is 0 Å².